The van der Waals surface area contributed by atoms with Crippen LogP contribution in [0.3, 0.4) is 0 Å². The van der Waals surface area contributed by atoms with Gasteiger partial charge in [-0.2, -0.15) is 0 Å². The average Bonchev–Trinajstić information content (AvgIpc) is 3.57. The van der Waals surface area contributed by atoms with E-state index in [1.165, 1.54) is 74.0 Å². The van der Waals surface area contributed by atoms with Crippen molar-refractivity contribution in [1.82, 2.24) is 15.0 Å². The number of hydrogen-bond donors (Lipinski definition) is 0. The first kappa shape index (κ1) is 28.4. The molecule has 3 nitrogen and oxygen atoms in total. The van der Waals surface area contributed by atoms with E-state index < -0.39 is 0 Å². The molecule has 0 aliphatic heterocycles. The molecular formula is C47H27N3S. The number of rotatable bonds is 3. The number of hydrogen-bond acceptors (Lipinski definition) is 4. The van der Waals surface area contributed by atoms with E-state index in [4.69, 9.17) is 15.0 Å². The van der Waals surface area contributed by atoms with Gasteiger partial charge in [0.2, 0.25) is 0 Å². The van der Waals surface area contributed by atoms with Gasteiger partial charge in [0.1, 0.15) is 0 Å². The summed E-state index contributed by atoms with van der Waals surface area (Å²) >= 11 is 1.86. The van der Waals surface area contributed by atoms with Gasteiger partial charge in [0.25, 0.3) is 0 Å². The summed E-state index contributed by atoms with van der Waals surface area (Å²) < 4.78 is 2.51. The summed E-state index contributed by atoms with van der Waals surface area (Å²) in [7, 11) is 0. The van der Waals surface area contributed by atoms with Gasteiger partial charge < -0.3 is 0 Å². The van der Waals surface area contributed by atoms with Crippen LogP contribution in [0.5, 0.6) is 0 Å². The maximum absolute atomic E-state index is 5.34. The van der Waals surface area contributed by atoms with E-state index in [0.717, 1.165) is 16.7 Å². The molecule has 51 heavy (non-hydrogen) atoms. The molecule has 0 atom stereocenters. The molecule has 11 aromatic rings. The molecule has 0 spiro atoms. The lowest BCUT2D eigenvalue weighted by Gasteiger charge is -2.13. The van der Waals surface area contributed by atoms with Crippen LogP contribution in [0.1, 0.15) is 0 Å². The van der Waals surface area contributed by atoms with Gasteiger partial charge in [0.05, 0.1) is 0 Å². The van der Waals surface area contributed by atoms with Crippen molar-refractivity contribution in [2.24, 2.45) is 0 Å². The molecule has 0 saturated carbocycles. The fraction of sp³-hybridized carbons (Fsp3) is 0. The molecule has 0 unspecified atom stereocenters. The Kier molecular flexibility index (Phi) is 6.12. The van der Waals surface area contributed by atoms with Crippen LogP contribution in [-0.2, 0) is 0 Å². The maximum Gasteiger partial charge on any atom is 0.164 e. The van der Waals surface area contributed by atoms with E-state index in [1.807, 2.05) is 29.5 Å². The third-order valence-corrected chi connectivity index (χ3v) is 11.4. The van der Waals surface area contributed by atoms with Gasteiger partial charge in [0, 0.05) is 42.2 Å². The monoisotopic (exact) mass is 665 g/mol. The van der Waals surface area contributed by atoms with Crippen molar-refractivity contribution in [3.63, 3.8) is 0 Å². The third kappa shape index (κ3) is 4.47. The van der Waals surface area contributed by atoms with Crippen LogP contribution in [0.2, 0.25) is 0 Å². The van der Waals surface area contributed by atoms with Crippen molar-refractivity contribution in [3.05, 3.63) is 164 Å². The highest BCUT2D eigenvalue weighted by molar-refractivity contribution is 7.27. The summed E-state index contributed by atoms with van der Waals surface area (Å²) in [4.78, 5) is 15.7. The van der Waals surface area contributed by atoms with E-state index in [2.05, 4.69) is 146 Å². The van der Waals surface area contributed by atoms with Crippen molar-refractivity contribution in [1.29, 1.82) is 0 Å². The Morgan fingerprint density at radius 2 is 0.902 bits per heavy atom. The summed E-state index contributed by atoms with van der Waals surface area (Å²) in [5, 5.41) is 14.6. The van der Waals surface area contributed by atoms with Gasteiger partial charge in [-0.1, -0.05) is 140 Å². The first-order valence-electron chi connectivity index (χ1n) is 17.2. The van der Waals surface area contributed by atoms with Gasteiger partial charge >= 0.3 is 0 Å². The minimum absolute atomic E-state index is 0.658. The summed E-state index contributed by atoms with van der Waals surface area (Å²) in [5.74, 6) is 1.99. The molecule has 2 heterocycles. The van der Waals surface area contributed by atoms with Crippen LogP contribution in [-0.4, -0.2) is 15.0 Å². The standard InChI is InChI=1S/C47H27N3S/c1-2-12-31(13-3-1)45-48-46(35-23-21-30-19-18-28-10-6-8-16-36(28)38(30)26-35)50-47(49-45)40-25-34-22-20-29-11-7-9-17-37(29)42(34)44-43(40)39-24-32-14-4-5-15-33(32)27-41(39)51-44/h1-27H. The number of thiophene rings is 1. The molecule has 0 aliphatic carbocycles. The fourth-order valence-corrected chi connectivity index (χ4v) is 9.10. The normalized spacial score (nSPS) is 11.9. The van der Waals surface area contributed by atoms with Gasteiger partial charge in [-0.3, -0.25) is 0 Å². The highest BCUT2D eigenvalue weighted by Crippen LogP contribution is 2.47. The quantitative estimate of drug-likeness (QED) is 0.176. The maximum atomic E-state index is 5.34. The predicted molar refractivity (Wildman–Crippen MR) is 217 cm³/mol. The Morgan fingerprint density at radius 1 is 0.333 bits per heavy atom. The third-order valence-electron chi connectivity index (χ3n) is 10.2. The van der Waals surface area contributed by atoms with Crippen LogP contribution in [0.15, 0.2) is 164 Å². The molecule has 0 N–H and O–H groups in total. The van der Waals surface area contributed by atoms with Crippen LogP contribution in [0.25, 0.3) is 108 Å². The van der Waals surface area contributed by atoms with E-state index in [-0.39, 0.29) is 0 Å². The second kappa shape index (κ2) is 11.0. The van der Waals surface area contributed by atoms with E-state index in [1.54, 1.807) is 0 Å². The smallest absolute Gasteiger partial charge is 0.164 e. The fourth-order valence-electron chi connectivity index (χ4n) is 7.78. The molecule has 0 radical (unpaired) electrons. The average molecular weight is 666 g/mol. The van der Waals surface area contributed by atoms with Crippen molar-refractivity contribution in [3.8, 4) is 34.2 Å². The molecule has 0 aliphatic rings. The zero-order valence-corrected chi connectivity index (χ0v) is 28.2. The molecule has 0 bridgehead atoms. The molecule has 2 aromatic heterocycles. The Hall–Kier alpha value is -6.49. The summed E-state index contributed by atoms with van der Waals surface area (Å²) in [5.41, 5.74) is 2.93. The molecule has 0 fully saturated rings. The van der Waals surface area contributed by atoms with Gasteiger partial charge in [-0.15, -0.1) is 11.3 Å². The number of fused-ring (bicyclic) bond motifs is 11. The van der Waals surface area contributed by atoms with E-state index in [9.17, 15) is 0 Å². The molecule has 0 amide bonds. The Morgan fingerprint density at radius 3 is 1.69 bits per heavy atom. The highest BCUT2D eigenvalue weighted by atomic mass is 32.1. The lowest BCUT2D eigenvalue weighted by Crippen LogP contribution is -2.00. The molecule has 11 rings (SSSR count). The highest BCUT2D eigenvalue weighted by Gasteiger charge is 2.21. The largest absolute Gasteiger partial charge is 0.208 e. The van der Waals surface area contributed by atoms with Crippen LogP contribution >= 0.6 is 11.3 Å². The Labute approximate surface area is 297 Å². The van der Waals surface area contributed by atoms with Crippen molar-refractivity contribution in [2.45, 2.75) is 0 Å². The predicted octanol–water partition coefficient (Wildman–Crippen LogP) is 13.0. The minimum atomic E-state index is 0.658. The van der Waals surface area contributed by atoms with Crippen LogP contribution in [0, 0.1) is 0 Å². The number of aromatic nitrogens is 3. The topological polar surface area (TPSA) is 38.7 Å². The lowest BCUT2D eigenvalue weighted by molar-refractivity contribution is 1.08. The van der Waals surface area contributed by atoms with E-state index in [0.29, 0.717) is 17.5 Å². The number of benzene rings is 9. The van der Waals surface area contributed by atoms with Gasteiger partial charge in [0.15, 0.2) is 17.5 Å². The zero-order chi connectivity index (χ0) is 33.5. The lowest BCUT2D eigenvalue weighted by atomic mass is 9.95. The van der Waals surface area contributed by atoms with Gasteiger partial charge in [-0.25, -0.2) is 15.0 Å². The van der Waals surface area contributed by atoms with Crippen molar-refractivity contribution >= 4 is 85.4 Å². The summed E-state index contributed by atoms with van der Waals surface area (Å²) in [6.45, 7) is 0. The van der Waals surface area contributed by atoms with Crippen LogP contribution in [0.4, 0.5) is 0 Å². The van der Waals surface area contributed by atoms with Gasteiger partial charge in [-0.05, 0) is 72.7 Å². The molecule has 0 saturated heterocycles. The minimum Gasteiger partial charge on any atom is -0.208 e. The zero-order valence-electron chi connectivity index (χ0n) is 27.3. The summed E-state index contributed by atoms with van der Waals surface area (Å²) in [6, 6.07) is 58.5. The number of nitrogens with zero attached hydrogens (tertiary/aromatic N) is 3. The molecular weight excluding hydrogens is 639 g/mol. The van der Waals surface area contributed by atoms with E-state index >= 15 is 0 Å². The Balaban J connectivity index is 1.25. The first-order valence-corrected chi connectivity index (χ1v) is 18.0. The second-order valence-electron chi connectivity index (χ2n) is 13.2. The molecule has 9 aromatic carbocycles. The van der Waals surface area contributed by atoms with Crippen molar-refractivity contribution in [2.75, 3.05) is 0 Å². The molecule has 236 valence electrons. The first-order chi connectivity index (χ1) is 25.2. The van der Waals surface area contributed by atoms with Crippen LogP contribution < -0.4 is 0 Å². The molecule has 4 heteroatoms. The van der Waals surface area contributed by atoms with Crippen molar-refractivity contribution < 1.29 is 0 Å². The second-order valence-corrected chi connectivity index (χ2v) is 14.3. The summed E-state index contributed by atoms with van der Waals surface area (Å²) in [6.07, 6.45) is 0. The SMILES string of the molecule is c1ccc(-c2nc(-c3ccc4ccc5ccccc5c4c3)nc(-c3cc4ccc5ccccc5c4c4sc5cc6ccccc6cc5c34)n2)cc1. The Bertz CT molecular complexity index is 3200.